The van der Waals surface area contributed by atoms with E-state index in [1.54, 1.807) is 24.3 Å². The third kappa shape index (κ3) is 3.83. The number of hydrogen-bond acceptors (Lipinski definition) is 4. The summed E-state index contributed by atoms with van der Waals surface area (Å²) in [5.41, 5.74) is 0.719. The average Bonchev–Trinajstić information content (AvgIpc) is 2.98. The van der Waals surface area contributed by atoms with Gasteiger partial charge in [-0.2, -0.15) is 4.31 Å². The highest BCUT2D eigenvalue weighted by molar-refractivity contribution is 7.89. The van der Waals surface area contributed by atoms with Gasteiger partial charge in [0.2, 0.25) is 10.0 Å². The molecule has 0 spiro atoms. The molecule has 0 aromatic heterocycles. The Bertz CT molecular complexity index is 628. The molecule has 1 unspecified atom stereocenters. The zero-order valence-corrected chi connectivity index (χ0v) is 12.5. The molecule has 2 N–H and O–H groups in total. The van der Waals surface area contributed by atoms with Crippen LogP contribution >= 0.6 is 0 Å². The minimum Gasteiger partial charge on any atom is -0.396 e. The smallest absolute Gasteiger partial charge is 0.243 e. The zero-order valence-electron chi connectivity index (χ0n) is 11.7. The van der Waals surface area contributed by atoms with Crippen LogP contribution in [0.25, 0.3) is 0 Å². The summed E-state index contributed by atoms with van der Waals surface area (Å²) in [7, 11) is -3.49. The molecule has 0 bridgehead atoms. The molecule has 1 aromatic rings. The van der Waals surface area contributed by atoms with Gasteiger partial charge < -0.3 is 10.2 Å². The summed E-state index contributed by atoms with van der Waals surface area (Å²) >= 11 is 0. The van der Waals surface area contributed by atoms with E-state index < -0.39 is 10.0 Å². The van der Waals surface area contributed by atoms with Crippen molar-refractivity contribution in [2.75, 3.05) is 26.3 Å². The van der Waals surface area contributed by atoms with Crippen molar-refractivity contribution in [2.24, 2.45) is 5.92 Å². The third-order valence-electron chi connectivity index (χ3n) is 3.47. The zero-order chi connectivity index (χ0) is 15.3. The van der Waals surface area contributed by atoms with Crippen LogP contribution in [0.3, 0.4) is 0 Å². The Morgan fingerprint density at radius 1 is 1.24 bits per heavy atom. The summed E-state index contributed by atoms with van der Waals surface area (Å²) in [6, 6.07) is 6.42. The molecule has 1 saturated heterocycles. The quantitative estimate of drug-likeness (QED) is 0.790. The Hall–Kier alpha value is -1.39. The fraction of sp³-hybridized carbons (Fsp3) is 0.467. The topological polar surface area (TPSA) is 77.8 Å². The van der Waals surface area contributed by atoms with Crippen molar-refractivity contribution in [3.63, 3.8) is 0 Å². The van der Waals surface area contributed by atoms with Gasteiger partial charge in [0.25, 0.3) is 0 Å². The van der Waals surface area contributed by atoms with Gasteiger partial charge in [0, 0.05) is 31.7 Å². The van der Waals surface area contributed by atoms with Gasteiger partial charge in [0.05, 0.1) is 11.5 Å². The van der Waals surface area contributed by atoms with Crippen LogP contribution < -0.4 is 0 Å². The molecule has 5 nitrogen and oxygen atoms in total. The molecule has 1 atom stereocenters. The van der Waals surface area contributed by atoms with E-state index >= 15 is 0 Å². The van der Waals surface area contributed by atoms with E-state index in [4.69, 9.17) is 10.2 Å². The summed E-state index contributed by atoms with van der Waals surface area (Å²) in [5.74, 6) is 5.68. The van der Waals surface area contributed by atoms with E-state index in [2.05, 4.69) is 11.8 Å². The van der Waals surface area contributed by atoms with Crippen molar-refractivity contribution in [2.45, 2.75) is 17.7 Å². The van der Waals surface area contributed by atoms with Crippen molar-refractivity contribution >= 4 is 10.0 Å². The van der Waals surface area contributed by atoms with Gasteiger partial charge >= 0.3 is 0 Å². The molecule has 1 heterocycles. The Morgan fingerprint density at radius 2 is 1.95 bits per heavy atom. The van der Waals surface area contributed by atoms with Crippen LogP contribution in [0.1, 0.15) is 18.4 Å². The Labute approximate surface area is 125 Å². The summed E-state index contributed by atoms with van der Waals surface area (Å²) in [6.45, 7) is 0.856. The maximum atomic E-state index is 12.4. The lowest BCUT2D eigenvalue weighted by Crippen LogP contribution is -2.29. The standard InChI is InChI=1S/C15H19NO4S/c17-10-2-1-3-13-4-6-15(7-5-13)21(19,20)16-9-8-14(11-16)12-18/h4-7,14,17-18H,2,8-12H2. The predicted molar refractivity (Wildman–Crippen MR) is 79.0 cm³/mol. The summed E-state index contributed by atoms with van der Waals surface area (Å²) in [6.07, 6.45) is 1.09. The van der Waals surface area contributed by atoms with Crippen LogP contribution in [0, 0.1) is 17.8 Å². The number of nitrogens with zero attached hydrogens (tertiary/aromatic N) is 1. The monoisotopic (exact) mass is 309 g/mol. The maximum Gasteiger partial charge on any atom is 0.243 e. The first-order valence-electron chi connectivity index (χ1n) is 6.88. The second-order valence-electron chi connectivity index (χ2n) is 5.00. The SMILES string of the molecule is O=S(=O)(c1ccc(C#CCCO)cc1)N1CCC(CO)C1. The first-order chi connectivity index (χ1) is 10.1. The summed E-state index contributed by atoms with van der Waals surface area (Å²) in [5, 5.41) is 17.8. The molecule has 0 amide bonds. The van der Waals surface area contributed by atoms with Crippen LogP contribution in [-0.4, -0.2) is 49.2 Å². The van der Waals surface area contributed by atoms with Gasteiger partial charge in [-0.25, -0.2) is 8.42 Å². The van der Waals surface area contributed by atoms with Crippen molar-refractivity contribution in [3.8, 4) is 11.8 Å². The second kappa shape index (κ2) is 7.05. The molecular formula is C15H19NO4S. The van der Waals surface area contributed by atoms with Gasteiger partial charge in [-0.1, -0.05) is 11.8 Å². The first-order valence-corrected chi connectivity index (χ1v) is 8.32. The highest BCUT2D eigenvalue weighted by Gasteiger charge is 2.31. The Kier molecular flexibility index (Phi) is 5.37. The molecule has 1 aliphatic heterocycles. The maximum absolute atomic E-state index is 12.4. The minimum atomic E-state index is -3.49. The summed E-state index contributed by atoms with van der Waals surface area (Å²) in [4.78, 5) is 0.244. The summed E-state index contributed by atoms with van der Waals surface area (Å²) < 4.78 is 26.3. The number of benzene rings is 1. The molecule has 0 aliphatic carbocycles. The number of rotatable bonds is 4. The van der Waals surface area contributed by atoms with E-state index in [1.165, 1.54) is 4.31 Å². The van der Waals surface area contributed by atoms with E-state index in [9.17, 15) is 8.42 Å². The molecule has 0 saturated carbocycles. The van der Waals surface area contributed by atoms with E-state index in [1.807, 2.05) is 0 Å². The average molecular weight is 309 g/mol. The first kappa shape index (κ1) is 16.0. The number of hydrogen-bond donors (Lipinski definition) is 2. The van der Waals surface area contributed by atoms with Gasteiger partial charge in [0.15, 0.2) is 0 Å². The molecular weight excluding hydrogens is 290 g/mol. The van der Waals surface area contributed by atoms with Gasteiger partial charge in [0.1, 0.15) is 0 Å². The fourth-order valence-corrected chi connectivity index (χ4v) is 3.78. The van der Waals surface area contributed by atoms with Crippen molar-refractivity contribution in [1.82, 2.24) is 4.31 Å². The van der Waals surface area contributed by atoms with Crippen LogP contribution in [0.2, 0.25) is 0 Å². The Balaban J connectivity index is 2.13. The molecule has 0 radical (unpaired) electrons. The van der Waals surface area contributed by atoms with Crippen LogP contribution in [0.4, 0.5) is 0 Å². The van der Waals surface area contributed by atoms with Gasteiger partial charge in [-0.15, -0.1) is 0 Å². The molecule has 21 heavy (non-hydrogen) atoms. The minimum absolute atomic E-state index is 0.0143. The van der Waals surface area contributed by atoms with E-state index in [0.29, 0.717) is 25.9 Å². The number of aliphatic hydroxyl groups is 2. The van der Waals surface area contributed by atoms with Crippen LogP contribution in [0.5, 0.6) is 0 Å². The fourth-order valence-electron chi connectivity index (χ4n) is 2.24. The van der Waals surface area contributed by atoms with E-state index in [0.717, 1.165) is 5.56 Å². The molecule has 6 heteroatoms. The highest BCUT2D eigenvalue weighted by Crippen LogP contribution is 2.24. The highest BCUT2D eigenvalue weighted by atomic mass is 32.2. The predicted octanol–water partition coefficient (Wildman–Crippen LogP) is 0.423. The lowest BCUT2D eigenvalue weighted by molar-refractivity contribution is 0.233. The number of sulfonamides is 1. The van der Waals surface area contributed by atoms with Crippen molar-refractivity contribution < 1.29 is 18.6 Å². The third-order valence-corrected chi connectivity index (χ3v) is 5.35. The normalized spacial score (nSPS) is 19.2. The second-order valence-corrected chi connectivity index (χ2v) is 6.94. The van der Waals surface area contributed by atoms with Crippen molar-refractivity contribution in [1.29, 1.82) is 0 Å². The van der Waals surface area contributed by atoms with Gasteiger partial charge in [-0.05, 0) is 36.6 Å². The number of aliphatic hydroxyl groups excluding tert-OH is 2. The largest absolute Gasteiger partial charge is 0.396 e. The molecule has 1 fully saturated rings. The van der Waals surface area contributed by atoms with Gasteiger partial charge in [-0.3, -0.25) is 0 Å². The van der Waals surface area contributed by atoms with Crippen LogP contribution in [-0.2, 0) is 10.0 Å². The molecule has 114 valence electrons. The molecule has 1 aliphatic rings. The molecule has 2 rings (SSSR count). The van der Waals surface area contributed by atoms with E-state index in [-0.39, 0.29) is 24.0 Å². The van der Waals surface area contributed by atoms with Crippen LogP contribution in [0.15, 0.2) is 29.2 Å². The molecule has 1 aromatic carbocycles. The lowest BCUT2D eigenvalue weighted by atomic mass is 10.1. The van der Waals surface area contributed by atoms with Crippen molar-refractivity contribution in [3.05, 3.63) is 29.8 Å². The lowest BCUT2D eigenvalue weighted by Gasteiger charge is -2.16. The Morgan fingerprint density at radius 3 is 2.52 bits per heavy atom.